The fourth-order valence-electron chi connectivity index (χ4n) is 2.29. The number of nitrogens with one attached hydrogen (secondary N) is 1. The standard InChI is InChI=1S/C15H10ClIN2O/c1-8(20)10-7-11(16)13-14(18-19-15(13)17)12(10)9-5-3-2-4-6-9/h2-7H,1H3,(H,18,19). The molecule has 3 aromatic rings. The van der Waals surface area contributed by atoms with E-state index in [-0.39, 0.29) is 5.78 Å². The summed E-state index contributed by atoms with van der Waals surface area (Å²) in [6.07, 6.45) is 0. The molecule has 100 valence electrons. The molecule has 3 nitrogen and oxygen atoms in total. The van der Waals surface area contributed by atoms with Gasteiger partial charge in [0.05, 0.1) is 10.4 Å². The minimum Gasteiger partial charge on any atom is -0.294 e. The molecule has 0 saturated heterocycles. The Bertz CT molecular complexity index is 812. The Hall–Kier alpha value is -1.40. The van der Waals surface area contributed by atoms with Gasteiger partial charge in [-0.2, -0.15) is 5.10 Å². The minimum atomic E-state index is -0.0225. The van der Waals surface area contributed by atoms with Crippen molar-refractivity contribution in [3.63, 3.8) is 0 Å². The molecule has 0 fully saturated rings. The van der Waals surface area contributed by atoms with Crippen molar-refractivity contribution in [2.24, 2.45) is 0 Å². The van der Waals surface area contributed by atoms with E-state index in [1.807, 2.05) is 30.3 Å². The van der Waals surface area contributed by atoms with E-state index in [0.29, 0.717) is 10.6 Å². The van der Waals surface area contributed by atoms with Crippen LogP contribution in [0.2, 0.25) is 5.02 Å². The van der Waals surface area contributed by atoms with Crippen molar-refractivity contribution >= 4 is 50.9 Å². The van der Waals surface area contributed by atoms with Gasteiger partial charge in [0.25, 0.3) is 0 Å². The highest BCUT2D eigenvalue weighted by molar-refractivity contribution is 14.1. The van der Waals surface area contributed by atoms with Gasteiger partial charge in [0, 0.05) is 11.1 Å². The molecule has 0 unspecified atom stereocenters. The van der Waals surface area contributed by atoms with E-state index in [9.17, 15) is 4.79 Å². The van der Waals surface area contributed by atoms with Gasteiger partial charge in [-0.1, -0.05) is 41.9 Å². The van der Waals surface area contributed by atoms with Crippen LogP contribution >= 0.6 is 34.2 Å². The van der Waals surface area contributed by atoms with Gasteiger partial charge in [0.15, 0.2) is 5.78 Å². The molecule has 1 N–H and O–H groups in total. The van der Waals surface area contributed by atoms with Gasteiger partial charge in [-0.15, -0.1) is 0 Å². The highest BCUT2D eigenvalue weighted by atomic mass is 127. The Kier molecular flexibility index (Phi) is 3.52. The van der Waals surface area contributed by atoms with E-state index < -0.39 is 0 Å². The monoisotopic (exact) mass is 396 g/mol. The van der Waals surface area contributed by atoms with Crippen LogP contribution < -0.4 is 0 Å². The van der Waals surface area contributed by atoms with Crippen molar-refractivity contribution in [1.29, 1.82) is 0 Å². The van der Waals surface area contributed by atoms with Crippen LogP contribution in [-0.4, -0.2) is 16.0 Å². The summed E-state index contributed by atoms with van der Waals surface area (Å²) in [4.78, 5) is 11.9. The molecule has 2 aromatic carbocycles. The number of benzene rings is 2. The number of hydrogen-bond acceptors (Lipinski definition) is 2. The number of carbonyl (C=O) groups is 1. The van der Waals surface area contributed by atoms with E-state index >= 15 is 0 Å². The summed E-state index contributed by atoms with van der Waals surface area (Å²) < 4.78 is 0.870. The molecule has 0 bridgehead atoms. The predicted molar refractivity (Wildman–Crippen MR) is 89.3 cm³/mol. The molecule has 20 heavy (non-hydrogen) atoms. The van der Waals surface area contributed by atoms with Crippen molar-refractivity contribution in [3.05, 3.63) is 50.7 Å². The molecule has 0 aliphatic carbocycles. The summed E-state index contributed by atoms with van der Waals surface area (Å²) >= 11 is 8.45. The molecule has 0 spiro atoms. The lowest BCUT2D eigenvalue weighted by molar-refractivity contribution is 0.101. The van der Waals surface area contributed by atoms with E-state index in [0.717, 1.165) is 25.7 Å². The Labute approximate surface area is 134 Å². The topological polar surface area (TPSA) is 45.8 Å². The van der Waals surface area contributed by atoms with Crippen molar-refractivity contribution in [1.82, 2.24) is 10.2 Å². The predicted octanol–water partition coefficient (Wildman–Crippen LogP) is 4.69. The lowest BCUT2D eigenvalue weighted by Crippen LogP contribution is -1.98. The molecular weight excluding hydrogens is 387 g/mol. The van der Waals surface area contributed by atoms with Gasteiger partial charge in [0.2, 0.25) is 0 Å². The third-order valence-electron chi connectivity index (χ3n) is 3.18. The number of Topliss-reactive ketones (excluding diaryl/α,β-unsaturated/α-hetero) is 1. The van der Waals surface area contributed by atoms with Crippen LogP contribution in [0.3, 0.4) is 0 Å². The minimum absolute atomic E-state index is 0.0225. The highest BCUT2D eigenvalue weighted by Crippen LogP contribution is 2.37. The maximum absolute atomic E-state index is 11.9. The van der Waals surface area contributed by atoms with E-state index in [4.69, 9.17) is 11.6 Å². The summed E-state index contributed by atoms with van der Waals surface area (Å²) in [5.74, 6) is -0.0225. The van der Waals surface area contributed by atoms with E-state index in [1.54, 1.807) is 13.0 Å². The smallest absolute Gasteiger partial charge is 0.160 e. The Morgan fingerprint density at radius 1 is 1.30 bits per heavy atom. The first-order chi connectivity index (χ1) is 9.59. The third-order valence-corrected chi connectivity index (χ3v) is 4.26. The zero-order valence-electron chi connectivity index (χ0n) is 10.6. The summed E-state index contributed by atoms with van der Waals surface area (Å²) in [6.45, 7) is 1.54. The van der Waals surface area contributed by atoms with Crippen molar-refractivity contribution in [3.8, 4) is 11.1 Å². The van der Waals surface area contributed by atoms with Crippen molar-refractivity contribution in [2.45, 2.75) is 6.92 Å². The molecule has 3 rings (SSSR count). The van der Waals surface area contributed by atoms with Crippen LogP contribution in [-0.2, 0) is 0 Å². The second-order valence-electron chi connectivity index (χ2n) is 4.46. The number of aromatic amines is 1. The third kappa shape index (κ3) is 2.13. The fraction of sp³-hybridized carbons (Fsp3) is 0.0667. The molecule has 1 aromatic heterocycles. The molecule has 0 aliphatic rings. The number of H-pyrrole nitrogens is 1. The van der Waals surface area contributed by atoms with Gasteiger partial charge in [-0.25, -0.2) is 0 Å². The fourth-order valence-corrected chi connectivity index (χ4v) is 3.41. The molecule has 0 radical (unpaired) electrons. The van der Waals surface area contributed by atoms with Crippen LogP contribution in [0.15, 0.2) is 36.4 Å². The second-order valence-corrected chi connectivity index (χ2v) is 5.95. The van der Waals surface area contributed by atoms with Gasteiger partial charge in [-0.3, -0.25) is 9.89 Å². The first kappa shape index (κ1) is 13.6. The van der Waals surface area contributed by atoms with Gasteiger partial charge < -0.3 is 0 Å². The number of fused-ring (bicyclic) bond motifs is 1. The number of rotatable bonds is 2. The molecular formula is C15H10ClIN2O. The number of carbonyl (C=O) groups excluding carboxylic acids is 1. The normalized spacial score (nSPS) is 10.9. The second kappa shape index (κ2) is 5.18. The van der Waals surface area contributed by atoms with E-state index in [1.165, 1.54) is 0 Å². The molecule has 0 amide bonds. The summed E-state index contributed by atoms with van der Waals surface area (Å²) in [5.41, 5.74) is 3.12. The van der Waals surface area contributed by atoms with Crippen molar-refractivity contribution in [2.75, 3.05) is 0 Å². The molecule has 5 heteroatoms. The van der Waals surface area contributed by atoms with Crippen molar-refractivity contribution < 1.29 is 4.79 Å². The molecule has 0 saturated carbocycles. The number of halogens is 2. The lowest BCUT2D eigenvalue weighted by atomic mass is 9.95. The highest BCUT2D eigenvalue weighted by Gasteiger charge is 2.19. The lowest BCUT2D eigenvalue weighted by Gasteiger charge is -2.09. The Balaban J connectivity index is 2.47. The summed E-state index contributed by atoms with van der Waals surface area (Å²) in [7, 11) is 0. The van der Waals surface area contributed by atoms with Crippen LogP contribution in [0.4, 0.5) is 0 Å². The molecule has 1 heterocycles. The van der Waals surface area contributed by atoms with Crippen LogP contribution in [0.25, 0.3) is 22.0 Å². The van der Waals surface area contributed by atoms with Crippen LogP contribution in [0.1, 0.15) is 17.3 Å². The quantitative estimate of drug-likeness (QED) is 0.504. The van der Waals surface area contributed by atoms with Crippen LogP contribution in [0.5, 0.6) is 0 Å². The molecule has 0 atom stereocenters. The largest absolute Gasteiger partial charge is 0.294 e. The number of aromatic nitrogens is 2. The van der Waals surface area contributed by atoms with Gasteiger partial charge in [-0.05, 0) is 41.1 Å². The summed E-state index contributed by atoms with van der Waals surface area (Å²) in [5, 5.41) is 8.67. The first-order valence-corrected chi connectivity index (χ1v) is 7.47. The average Bonchev–Trinajstić information content (AvgIpc) is 2.82. The maximum atomic E-state index is 11.9. The Morgan fingerprint density at radius 3 is 2.65 bits per heavy atom. The van der Waals surface area contributed by atoms with Crippen LogP contribution in [0, 0.1) is 3.70 Å². The maximum Gasteiger partial charge on any atom is 0.160 e. The summed E-state index contributed by atoms with van der Waals surface area (Å²) in [6, 6.07) is 11.5. The zero-order chi connectivity index (χ0) is 14.3. The first-order valence-electron chi connectivity index (χ1n) is 6.02. The van der Waals surface area contributed by atoms with Gasteiger partial charge in [0.1, 0.15) is 9.22 Å². The number of hydrogen-bond donors (Lipinski definition) is 1. The number of ketones is 1. The SMILES string of the molecule is CC(=O)c1cc(Cl)c2c(I)[nH]nc2c1-c1ccccc1. The number of nitrogens with zero attached hydrogens (tertiary/aromatic N) is 1. The average molecular weight is 397 g/mol. The Morgan fingerprint density at radius 2 is 2.00 bits per heavy atom. The van der Waals surface area contributed by atoms with E-state index in [2.05, 4.69) is 32.8 Å². The van der Waals surface area contributed by atoms with Gasteiger partial charge >= 0.3 is 0 Å². The molecule has 0 aliphatic heterocycles. The zero-order valence-corrected chi connectivity index (χ0v) is 13.5.